The predicted molar refractivity (Wildman–Crippen MR) is 114 cm³/mol. The number of hydrazine groups is 1. The van der Waals surface area contributed by atoms with Gasteiger partial charge in [-0.25, -0.2) is 4.98 Å². The molecule has 0 bridgehead atoms. The molecule has 3 heterocycles. The van der Waals surface area contributed by atoms with Crippen molar-refractivity contribution in [2.45, 2.75) is 13.5 Å². The number of amides is 2. The first kappa shape index (κ1) is 19.7. The quantitative estimate of drug-likeness (QED) is 0.391. The molecular weight excluding hydrogens is 450 g/mol. The number of fused-ring (bicyclic) bond motifs is 1. The lowest BCUT2D eigenvalue weighted by atomic mass is 10.2. The monoisotopic (exact) mass is 467 g/mol. The Morgan fingerprint density at radius 2 is 1.97 bits per heavy atom. The van der Waals surface area contributed by atoms with Gasteiger partial charge in [0, 0.05) is 23.1 Å². The second-order valence-electron chi connectivity index (χ2n) is 6.58. The van der Waals surface area contributed by atoms with E-state index in [0.29, 0.717) is 17.0 Å². The highest BCUT2D eigenvalue weighted by Crippen LogP contribution is 2.20. The molecule has 0 saturated heterocycles. The number of hydrogen-bond acceptors (Lipinski definition) is 4. The predicted octanol–water partition coefficient (Wildman–Crippen LogP) is 3.39. The van der Waals surface area contributed by atoms with Crippen LogP contribution in [-0.4, -0.2) is 26.2 Å². The third-order valence-corrected chi connectivity index (χ3v) is 4.87. The van der Waals surface area contributed by atoms with Crippen LogP contribution in [-0.2, 0) is 6.61 Å². The molecule has 4 aromatic rings. The fourth-order valence-electron chi connectivity index (χ4n) is 2.95. The third kappa shape index (κ3) is 4.20. The van der Waals surface area contributed by atoms with Crippen molar-refractivity contribution in [1.82, 2.24) is 25.2 Å². The minimum Gasteiger partial charge on any atom is -0.486 e. The van der Waals surface area contributed by atoms with Gasteiger partial charge in [0.05, 0.1) is 11.3 Å². The number of aromatic nitrogens is 3. The summed E-state index contributed by atoms with van der Waals surface area (Å²) in [6.07, 6.45) is 5.44. The highest BCUT2D eigenvalue weighted by molar-refractivity contribution is 9.10. The second kappa shape index (κ2) is 8.42. The molecule has 3 N–H and O–H groups in total. The molecule has 0 atom stereocenters. The van der Waals surface area contributed by atoms with E-state index in [1.165, 1.54) is 0 Å². The van der Waals surface area contributed by atoms with Crippen LogP contribution in [0.1, 0.15) is 32.1 Å². The second-order valence-corrected chi connectivity index (χ2v) is 7.49. The van der Waals surface area contributed by atoms with E-state index in [0.717, 1.165) is 21.4 Å². The van der Waals surface area contributed by atoms with Crippen molar-refractivity contribution in [3.05, 3.63) is 88.0 Å². The van der Waals surface area contributed by atoms with E-state index in [-0.39, 0.29) is 6.61 Å². The van der Waals surface area contributed by atoms with Crippen LogP contribution in [0, 0.1) is 6.92 Å². The smallest absolute Gasteiger partial charge is 0.286 e. The number of imidazole rings is 1. The molecule has 0 spiro atoms. The van der Waals surface area contributed by atoms with E-state index >= 15 is 0 Å². The van der Waals surface area contributed by atoms with Crippen LogP contribution in [0.5, 0.6) is 5.75 Å². The number of pyridine rings is 1. The third-order valence-electron chi connectivity index (χ3n) is 4.42. The molecule has 0 aliphatic heterocycles. The maximum Gasteiger partial charge on any atom is 0.286 e. The number of nitrogens with zero attached hydrogens (tertiary/aromatic N) is 2. The first-order valence-electron chi connectivity index (χ1n) is 9.11. The van der Waals surface area contributed by atoms with Crippen LogP contribution < -0.4 is 15.6 Å². The number of nitrogens with one attached hydrogen (secondary N) is 3. The highest BCUT2D eigenvalue weighted by Gasteiger charge is 2.15. The van der Waals surface area contributed by atoms with Crippen LogP contribution in [0.3, 0.4) is 0 Å². The van der Waals surface area contributed by atoms with Gasteiger partial charge in [-0.3, -0.25) is 20.4 Å². The molecule has 0 fully saturated rings. The summed E-state index contributed by atoms with van der Waals surface area (Å²) < 4.78 is 8.51. The molecule has 152 valence electrons. The SMILES string of the molecule is Cc1cccn2cc(COc3ccccc3C(=O)NNC(=O)c3cc(Br)c[nH]3)nc12. The number of carbonyl (C=O) groups excluding carboxylic acids is 2. The van der Waals surface area contributed by atoms with Crippen molar-refractivity contribution in [3.63, 3.8) is 0 Å². The summed E-state index contributed by atoms with van der Waals surface area (Å²) in [5.74, 6) is -0.566. The molecule has 8 nitrogen and oxygen atoms in total. The highest BCUT2D eigenvalue weighted by atomic mass is 79.9. The first-order chi connectivity index (χ1) is 14.5. The van der Waals surface area contributed by atoms with Gasteiger partial charge in [0.1, 0.15) is 23.7 Å². The Balaban J connectivity index is 1.43. The Morgan fingerprint density at radius 1 is 1.17 bits per heavy atom. The molecule has 1 aromatic carbocycles. The standard InChI is InChI=1S/C21H18BrN5O3/c1-13-5-4-8-27-11-15(24-19(13)27)12-30-18-7-3-2-6-16(18)20(28)25-26-21(29)17-9-14(22)10-23-17/h2-11,23H,12H2,1H3,(H,25,28)(H,26,29). The van der Waals surface area contributed by atoms with Gasteiger partial charge in [0.25, 0.3) is 11.8 Å². The number of hydrogen-bond donors (Lipinski definition) is 3. The lowest BCUT2D eigenvalue weighted by Crippen LogP contribution is -2.41. The number of ether oxygens (including phenoxy) is 1. The van der Waals surface area contributed by atoms with Crippen molar-refractivity contribution < 1.29 is 14.3 Å². The van der Waals surface area contributed by atoms with Crippen molar-refractivity contribution >= 4 is 33.4 Å². The zero-order valence-corrected chi connectivity index (χ0v) is 17.6. The van der Waals surface area contributed by atoms with E-state index in [9.17, 15) is 9.59 Å². The lowest BCUT2D eigenvalue weighted by Gasteiger charge is -2.11. The number of H-pyrrole nitrogens is 1. The van der Waals surface area contributed by atoms with Crippen molar-refractivity contribution in [1.29, 1.82) is 0 Å². The first-order valence-corrected chi connectivity index (χ1v) is 9.90. The summed E-state index contributed by atoms with van der Waals surface area (Å²) in [6.45, 7) is 2.20. The zero-order valence-electron chi connectivity index (χ0n) is 16.0. The molecule has 2 amide bonds. The van der Waals surface area contributed by atoms with Gasteiger partial charge in [0.15, 0.2) is 0 Å². The van der Waals surface area contributed by atoms with E-state index < -0.39 is 11.8 Å². The van der Waals surface area contributed by atoms with Crippen LogP contribution in [0.15, 0.2) is 65.5 Å². The number of aryl methyl sites for hydroxylation is 1. The van der Waals surface area contributed by atoms with Gasteiger partial charge >= 0.3 is 0 Å². The number of carbonyl (C=O) groups is 2. The summed E-state index contributed by atoms with van der Waals surface area (Å²) in [5.41, 5.74) is 8.05. The summed E-state index contributed by atoms with van der Waals surface area (Å²) >= 11 is 3.26. The molecular formula is C21H18BrN5O3. The van der Waals surface area contributed by atoms with Gasteiger partial charge in [0.2, 0.25) is 0 Å². The molecule has 3 aromatic heterocycles. The summed E-state index contributed by atoms with van der Waals surface area (Å²) in [7, 11) is 0. The van der Waals surface area contributed by atoms with Crippen LogP contribution >= 0.6 is 15.9 Å². The van der Waals surface area contributed by atoms with Gasteiger partial charge < -0.3 is 14.1 Å². The van der Waals surface area contributed by atoms with Crippen molar-refractivity contribution in [2.75, 3.05) is 0 Å². The molecule has 9 heteroatoms. The average molecular weight is 468 g/mol. The van der Waals surface area contributed by atoms with Crippen LogP contribution in [0.25, 0.3) is 5.65 Å². The maximum atomic E-state index is 12.6. The molecule has 30 heavy (non-hydrogen) atoms. The molecule has 4 rings (SSSR count). The summed E-state index contributed by atoms with van der Waals surface area (Å²) in [4.78, 5) is 32.0. The Bertz CT molecular complexity index is 1230. The van der Waals surface area contributed by atoms with Crippen LogP contribution in [0.2, 0.25) is 0 Å². The Hall–Kier alpha value is -3.59. The van der Waals surface area contributed by atoms with Gasteiger partial charge in [-0.1, -0.05) is 18.2 Å². The number of para-hydroxylation sites is 1. The molecule has 0 radical (unpaired) electrons. The van der Waals surface area contributed by atoms with E-state index in [1.807, 2.05) is 35.9 Å². The zero-order chi connectivity index (χ0) is 21.1. The van der Waals surface area contributed by atoms with E-state index in [1.54, 1.807) is 36.5 Å². The average Bonchev–Trinajstić information content (AvgIpc) is 3.37. The minimum atomic E-state index is -0.490. The number of rotatable bonds is 5. The van der Waals surface area contributed by atoms with Crippen LogP contribution in [0.4, 0.5) is 0 Å². The Kier molecular flexibility index (Phi) is 5.53. The van der Waals surface area contributed by atoms with Gasteiger partial charge in [-0.2, -0.15) is 0 Å². The fourth-order valence-corrected chi connectivity index (χ4v) is 3.30. The van der Waals surface area contributed by atoms with Crippen molar-refractivity contribution in [3.8, 4) is 5.75 Å². The molecule has 0 aliphatic carbocycles. The molecule has 0 unspecified atom stereocenters. The maximum absolute atomic E-state index is 12.6. The fraction of sp³-hybridized carbons (Fsp3) is 0.0952. The largest absolute Gasteiger partial charge is 0.486 e. The van der Waals surface area contributed by atoms with Gasteiger partial charge in [-0.05, 0) is 52.7 Å². The van der Waals surface area contributed by atoms with E-state index in [2.05, 4.69) is 36.7 Å². The van der Waals surface area contributed by atoms with Gasteiger partial charge in [-0.15, -0.1) is 0 Å². The number of aromatic amines is 1. The van der Waals surface area contributed by atoms with Crippen molar-refractivity contribution in [2.24, 2.45) is 0 Å². The number of halogens is 1. The lowest BCUT2D eigenvalue weighted by molar-refractivity contribution is 0.0841. The van der Waals surface area contributed by atoms with E-state index in [4.69, 9.17) is 4.74 Å². The molecule has 0 aliphatic rings. The Labute approximate surface area is 180 Å². The number of benzene rings is 1. The summed E-state index contributed by atoms with van der Waals surface area (Å²) in [5, 5.41) is 0. The molecule has 0 saturated carbocycles. The topological polar surface area (TPSA) is 101 Å². The summed E-state index contributed by atoms with van der Waals surface area (Å²) in [6, 6.07) is 12.4. The normalized spacial score (nSPS) is 10.7. The Morgan fingerprint density at radius 3 is 2.73 bits per heavy atom. The minimum absolute atomic E-state index is 0.203.